The Hall–Kier alpha value is -4.66. The van der Waals surface area contributed by atoms with Gasteiger partial charge in [-0.3, -0.25) is 19.4 Å². The van der Waals surface area contributed by atoms with Crippen LogP contribution in [0.3, 0.4) is 0 Å². The number of guanidine groups is 1. The quantitative estimate of drug-likeness (QED) is 0.173. The minimum Gasteiger partial charge on any atom is -0.481 e. The SMILES string of the molecule is CC(CC(=O)O)N1C(=O)c2cc(CCCCCN=C(N)N)ccc2N(Cc2ccccc2)C(=O)C1c1ccccc1. The number of rotatable bonds is 12. The van der Waals surface area contributed by atoms with Gasteiger partial charge in [0.2, 0.25) is 0 Å². The molecule has 0 fully saturated rings. The topological polar surface area (TPSA) is 142 Å². The van der Waals surface area contributed by atoms with Crippen molar-refractivity contribution < 1.29 is 19.5 Å². The van der Waals surface area contributed by atoms with Gasteiger partial charge in [-0.05, 0) is 55.0 Å². The molecule has 5 N–H and O–H groups in total. The second kappa shape index (κ2) is 13.6. The zero-order chi connectivity index (χ0) is 29.4. The molecule has 0 aromatic heterocycles. The van der Waals surface area contributed by atoms with E-state index >= 15 is 0 Å². The molecule has 1 aliphatic heterocycles. The van der Waals surface area contributed by atoms with Gasteiger partial charge in [0.15, 0.2) is 5.96 Å². The fourth-order valence-corrected chi connectivity index (χ4v) is 5.29. The highest BCUT2D eigenvalue weighted by Gasteiger charge is 2.43. The molecule has 214 valence electrons. The Balaban J connectivity index is 1.75. The number of aliphatic imine (C=N–C) groups is 1. The molecule has 2 unspecified atom stereocenters. The molecule has 0 aliphatic carbocycles. The molecule has 0 spiro atoms. The summed E-state index contributed by atoms with van der Waals surface area (Å²) in [6.45, 7) is 2.52. The Morgan fingerprint density at radius 2 is 1.61 bits per heavy atom. The number of nitrogens with two attached hydrogens (primary N) is 2. The summed E-state index contributed by atoms with van der Waals surface area (Å²) in [7, 11) is 0. The third kappa shape index (κ3) is 7.30. The first kappa shape index (κ1) is 29.3. The van der Waals surface area contributed by atoms with E-state index in [-0.39, 0.29) is 30.7 Å². The molecule has 9 nitrogen and oxygen atoms in total. The average Bonchev–Trinajstić information content (AvgIpc) is 3.04. The van der Waals surface area contributed by atoms with Crippen LogP contribution in [0, 0.1) is 0 Å². The van der Waals surface area contributed by atoms with E-state index in [1.165, 1.54) is 4.90 Å². The molecule has 4 rings (SSSR count). The van der Waals surface area contributed by atoms with E-state index in [0.717, 1.165) is 36.8 Å². The number of carboxylic acid groups (broad SMARTS) is 1. The summed E-state index contributed by atoms with van der Waals surface area (Å²) in [5, 5.41) is 9.61. The van der Waals surface area contributed by atoms with Gasteiger partial charge >= 0.3 is 5.97 Å². The van der Waals surface area contributed by atoms with Crippen LogP contribution in [0.15, 0.2) is 83.9 Å². The van der Waals surface area contributed by atoms with E-state index in [9.17, 15) is 19.5 Å². The molecule has 2 atom stereocenters. The van der Waals surface area contributed by atoms with Crippen LogP contribution in [0.25, 0.3) is 0 Å². The summed E-state index contributed by atoms with van der Waals surface area (Å²) < 4.78 is 0. The third-order valence-corrected chi connectivity index (χ3v) is 7.26. The maximum absolute atomic E-state index is 14.4. The molecule has 0 saturated heterocycles. The van der Waals surface area contributed by atoms with Crippen molar-refractivity contribution in [3.8, 4) is 0 Å². The number of aryl methyl sites for hydroxylation is 1. The second-order valence-corrected chi connectivity index (χ2v) is 10.4. The van der Waals surface area contributed by atoms with E-state index in [0.29, 0.717) is 23.4 Å². The summed E-state index contributed by atoms with van der Waals surface area (Å²) in [6, 6.07) is 22.7. The minimum atomic E-state index is -1.04. The number of carbonyl (C=O) groups excluding carboxylic acids is 2. The number of carboxylic acids is 1. The Kier molecular flexibility index (Phi) is 9.73. The van der Waals surface area contributed by atoms with E-state index < -0.39 is 18.1 Å². The molecule has 3 aromatic carbocycles. The van der Waals surface area contributed by atoms with Gasteiger partial charge in [0.1, 0.15) is 6.04 Å². The maximum Gasteiger partial charge on any atom is 0.305 e. The van der Waals surface area contributed by atoms with Gasteiger partial charge in [0.25, 0.3) is 11.8 Å². The van der Waals surface area contributed by atoms with Crippen LogP contribution in [-0.2, 0) is 22.6 Å². The van der Waals surface area contributed by atoms with Crippen molar-refractivity contribution in [2.75, 3.05) is 11.4 Å². The Labute approximate surface area is 240 Å². The van der Waals surface area contributed by atoms with Gasteiger partial charge in [0.05, 0.1) is 24.2 Å². The summed E-state index contributed by atoms with van der Waals surface area (Å²) >= 11 is 0. The molecule has 9 heteroatoms. The summed E-state index contributed by atoms with van der Waals surface area (Å²) in [5.41, 5.74) is 14.2. The number of carbonyl (C=O) groups is 3. The number of hydrogen-bond donors (Lipinski definition) is 3. The third-order valence-electron chi connectivity index (χ3n) is 7.26. The zero-order valence-electron chi connectivity index (χ0n) is 23.3. The zero-order valence-corrected chi connectivity index (χ0v) is 23.3. The number of hydrogen-bond acceptors (Lipinski definition) is 4. The standard InChI is InChI=1S/C32H37N5O4/c1-22(19-28(38)39)37-29(25-14-8-3-9-15-25)31(41)36(21-24-12-5-2-6-13-24)27-17-16-23(20-26(27)30(37)40)11-7-4-10-18-35-32(33)34/h2-3,5-6,8-9,12-17,20,22,29H,4,7,10-11,18-19,21H2,1H3,(H,38,39)(H4,33,34,35). The second-order valence-electron chi connectivity index (χ2n) is 10.4. The fourth-order valence-electron chi connectivity index (χ4n) is 5.29. The first-order valence-corrected chi connectivity index (χ1v) is 13.9. The highest BCUT2D eigenvalue weighted by Crippen LogP contribution is 2.38. The molecule has 2 amide bonds. The Morgan fingerprint density at radius 1 is 0.927 bits per heavy atom. The number of amides is 2. The van der Waals surface area contributed by atoms with Gasteiger partial charge < -0.3 is 26.4 Å². The van der Waals surface area contributed by atoms with Gasteiger partial charge in [-0.2, -0.15) is 0 Å². The van der Waals surface area contributed by atoms with Gasteiger partial charge in [-0.25, -0.2) is 0 Å². The highest BCUT2D eigenvalue weighted by atomic mass is 16.4. The highest BCUT2D eigenvalue weighted by molar-refractivity contribution is 6.11. The van der Waals surface area contributed by atoms with Crippen LogP contribution in [0.5, 0.6) is 0 Å². The normalized spacial score (nSPS) is 15.7. The summed E-state index contributed by atoms with van der Waals surface area (Å²) in [4.78, 5) is 47.6. The number of anilines is 1. The van der Waals surface area contributed by atoms with Crippen molar-refractivity contribution in [2.24, 2.45) is 16.5 Å². The lowest BCUT2D eigenvalue weighted by Gasteiger charge is -2.35. The molecule has 1 heterocycles. The van der Waals surface area contributed by atoms with Crippen LogP contribution in [0.4, 0.5) is 5.69 Å². The van der Waals surface area contributed by atoms with Gasteiger partial charge in [-0.15, -0.1) is 0 Å². The van der Waals surface area contributed by atoms with Crippen LogP contribution < -0.4 is 16.4 Å². The predicted octanol–water partition coefficient (Wildman–Crippen LogP) is 4.27. The van der Waals surface area contributed by atoms with Crippen molar-refractivity contribution in [1.82, 2.24) is 4.90 Å². The van der Waals surface area contributed by atoms with Crippen LogP contribution in [0.1, 0.15) is 65.7 Å². The monoisotopic (exact) mass is 555 g/mol. The maximum atomic E-state index is 14.4. The Bertz CT molecular complexity index is 1390. The molecule has 0 bridgehead atoms. The summed E-state index contributed by atoms with van der Waals surface area (Å²) in [5.74, 6) is -1.60. The van der Waals surface area contributed by atoms with Crippen molar-refractivity contribution in [3.63, 3.8) is 0 Å². The molecule has 0 saturated carbocycles. The van der Waals surface area contributed by atoms with Gasteiger partial charge in [-0.1, -0.05) is 73.2 Å². The average molecular weight is 556 g/mol. The van der Waals surface area contributed by atoms with Gasteiger partial charge in [0, 0.05) is 12.6 Å². The van der Waals surface area contributed by atoms with Crippen LogP contribution >= 0.6 is 0 Å². The minimum absolute atomic E-state index is 0.0827. The van der Waals surface area contributed by atoms with Crippen LogP contribution in [-0.4, -0.2) is 46.3 Å². The predicted molar refractivity (Wildman–Crippen MR) is 159 cm³/mol. The van der Waals surface area contributed by atoms with Crippen LogP contribution in [0.2, 0.25) is 0 Å². The molecular formula is C32H37N5O4. The lowest BCUT2D eigenvalue weighted by atomic mass is 10.00. The van der Waals surface area contributed by atoms with Crippen molar-refractivity contribution in [3.05, 3.63) is 101 Å². The molecule has 41 heavy (non-hydrogen) atoms. The van der Waals surface area contributed by atoms with E-state index in [2.05, 4.69) is 4.99 Å². The van der Waals surface area contributed by atoms with Crippen molar-refractivity contribution >= 4 is 29.4 Å². The molecule has 1 aliphatic rings. The molecule has 3 aromatic rings. The molecule has 0 radical (unpaired) electrons. The number of benzene rings is 3. The lowest BCUT2D eigenvalue weighted by molar-refractivity contribution is -0.139. The lowest BCUT2D eigenvalue weighted by Crippen LogP contribution is -2.47. The van der Waals surface area contributed by atoms with Crippen molar-refractivity contribution in [2.45, 2.75) is 57.7 Å². The molecular weight excluding hydrogens is 518 g/mol. The van der Waals surface area contributed by atoms with Crippen molar-refractivity contribution in [1.29, 1.82) is 0 Å². The Morgan fingerprint density at radius 3 is 2.27 bits per heavy atom. The first-order valence-electron chi connectivity index (χ1n) is 13.9. The largest absolute Gasteiger partial charge is 0.481 e. The first-order chi connectivity index (χ1) is 19.8. The van der Waals surface area contributed by atoms with E-state index in [1.807, 2.05) is 66.7 Å². The number of aliphatic carboxylic acids is 1. The smallest absolute Gasteiger partial charge is 0.305 e. The number of unbranched alkanes of at least 4 members (excludes halogenated alkanes) is 2. The number of fused-ring (bicyclic) bond motifs is 1. The van der Waals surface area contributed by atoms with E-state index in [4.69, 9.17) is 11.5 Å². The fraction of sp³-hybridized carbons (Fsp3) is 0.312. The number of nitrogens with zero attached hydrogens (tertiary/aromatic N) is 3. The summed E-state index contributed by atoms with van der Waals surface area (Å²) in [6.07, 6.45) is 3.09. The van der Waals surface area contributed by atoms with E-state index in [1.54, 1.807) is 24.0 Å².